The zero-order valence-electron chi connectivity index (χ0n) is 10.5. The van der Waals surface area contributed by atoms with Crippen molar-refractivity contribution < 1.29 is 4.42 Å². The lowest BCUT2D eigenvalue weighted by atomic mass is 10.1. The highest BCUT2D eigenvalue weighted by atomic mass is 35.5. The molecule has 0 bridgehead atoms. The Bertz CT molecular complexity index is 518. The van der Waals surface area contributed by atoms with Gasteiger partial charge in [0.25, 0.3) is 0 Å². The molecule has 92 valence electrons. The van der Waals surface area contributed by atoms with Crippen LogP contribution in [0.3, 0.4) is 0 Å². The monoisotopic (exact) mass is 251 g/mol. The number of nitrogens with one attached hydrogen (secondary N) is 1. The highest BCUT2D eigenvalue weighted by molar-refractivity contribution is 6.34. The number of fused-ring (bicyclic) bond motifs is 1. The minimum atomic E-state index is 0.221. The topological polar surface area (TPSA) is 25.2 Å². The standard InChI is InChI=1S/C14H18ClNO/c1-4-5-16-10(3)13-8-11-6-9(2)7-12(15)14(11)17-13/h6-8,10,16H,4-5H2,1-3H3. The van der Waals surface area contributed by atoms with E-state index in [-0.39, 0.29) is 6.04 Å². The molecule has 1 heterocycles. The van der Waals surface area contributed by atoms with Crippen molar-refractivity contribution in [2.75, 3.05) is 6.54 Å². The van der Waals surface area contributed by atoms with Crippen molar-refractivity contribution in [3.05, 3.63) is 34.5 Å². The van der Waals surface area contributed by atoms with E-state index in [9.17, 15) is 0 Å². The van der Waals surface area contributed by atoms with Crippen molar-refractivity contribution in [1.82, 2.24) is 5.32 Å². The van der Waals surface area contributed by atoms with Gasteiger partial charge in [0.05, 0.1) is 11.1 Å². The summed E-state index contributed by atoms with van der Waals surface area (Å²) in [6.45, 7) is 7.29. The Morgan fingerprint density at radius 3 is 2.82 bits per heavy atom. The van der Waals surface area contributed by atoms with Gasteiger partial charge in [-0.3, -0.25) is 0 Å². The number of hydrogen-bond acceptors (Lipinski definition) is 2. The van der Waals surface area contributed by atoms with Gasteiger partial charge >= 0.3 is 0 Å². The second kappa shape index (κ2) is 5.11. The predicted molar refractivity (Wildman–Crippen MR) is 72.7 cm³/mol. The summed E-state index contributed by atoms with van der Waals surface area (Å²) in [5.41, 5.74) is 1.95. The molecule has 0 radical (unpaired) electrons. The first-order valence-corrected chi connectivity index (χ1v) is 6.42. The van der Waals surface area contributed by atoms with E-state index in [0.29, 0.717) is 5.02 Å². The Morgan fingerprint density at radius 2 is 2.12 bits per heavy atom. The van der Waals surface area contributed by atoms with E-state index in [0.717, 1.165) is 35.3 Å². The highest BCUT2D eigenvalue weighted by Gasteiger charge is 2.12. The van der Waals surface area contributed by atoms with Gasteiger partial charge < -0.3 is 9.73 Å². The zero-order chi connectivity index (χ0) is 12.4. The summed E-state index contributed by atoms with van der Waals surface area (Å²) in [5, 5.41) is 5.17. The van der Waals surface area contributed by atoms with Crippen LogP contribution in [0.25, 0.3) is 11.0 Å². The fourth-order valence-electron chi connectivity index (χ4n) is 1.95. The molecule has 0 saturated carbocycles. The van der Waals surface area contributed by atoms with Gasteiger partial charge in [0, 0.05) is 5.39 Å². The van der Waals surface area contributed by atoms with Crippen LogP contribution in [-0.2, 0) is 0 Å². The van der Waals surface area contributed by atoms with E-state index in [4.69, 9.17) is 16.0 Å². The minimum Gasteiger partial charge on any atom is -0.458 e. The van der Waals surface area contributed by atoms with Crippen LogP contribution in [0.15, 0.2) is 22.6 Å². The molecule has 0 amide bonds. The van der Waals surface area contributed by atoms with E-state index in [1.807, 2.05) is 13.0 Å². The maximum Gasteiger partial charge on any atom is 0.152 e. The molecule has 0 fully saturated rings. The molecule has 17 heavy (non-hydrogen) atoms. The van der Waals surface area contributed by atoms with E-state index < -0.39 is 0 Å². The van der Waals surface area contributed by atoms with Gasteiger partial charge in [-0.2, -0.15) is 0 Å². The van der Waals surface area contributed by atoms with Crippen LogP contribution in [0.4, 0.5) is 0 Å². The molecule has 2 rings (SSSR count). The Balaban J connectivity index is 2.34. The summed E-state index contributed by atoms with van der Waals surface area (Å²) >= 11 is 6.17. The Kier molecular flexibility index (Phi) is 3.75. The van der Waals surface area contributed by atoms with Crippen LogP contribution in [0.1, 0.15) is 37.6 Å². The molecular formula is C14H18ClNO. The smallest absolute Gasteiger partial charge is 0.152 e. The van der Waals surface area contributed by atoms with Crippen LogP contribution in [0.5, 0.6) is 0 Å². The molecule has 1 aromatic heterocycles. The van der Waals surface area contributed by atoms with Crippen molar-refractivity contribution in [1.29, 1.82) is 0 Å². The lowest BCUT2D eigenvalue weighted by Gasteiger charge is -2.09. The molecular weight excluding hydrogens is 234 g/mol. The summed E-state index contributed by atoms with van der Waals surface area (Å²) in [5.74, 6) is 0.945. The number of halogens is 1. The van der Waals surface area contributed by atoms with Gasteiger partial charge in [-0.05, 0) is 50.6 Å². The number of hydrogen-bond donors (Lipinski definition) is 1. The molecule has 1 N–H and O–H groups in total. The van der Waals surface area contributed by atoms with Gasteiger partial charge in [-0.15, -0.1) is 0 Å². The van der Waals surface area contributed by atoms with Gasteiger partial charge in [0.2, 0.25) is 0 Å². The quantitative estimate of drug-likeness (QED) is 0.868. The highest BCUT2D eigenvalue weighted by Crippen LogP contribution is 2.30. The fraction of sp³-hybridized carbons (Fsp3) is 0.429. The van der Waals surface area contributed by atoms with Crippen LogP contribution in [0.2, 0.25) is 5.02 Å². The second-order valence-electron chi connectivity index (χ2n) is 4.49. The Morgan fingerprint density at radius 1 is 1.35 bits per heavy atom. The first-order valence-electron chi connectivity index (χ1n) is 6.04. The molecule has 0 aliphatic rings. The van der Waals surface area contributed by atoms with Crippen LogP contribution in [-0.4, -0.2) is 6.54 Å². The molecule has 2 aromatic rings. The third-order valence-corrected chi connectivity index (χ3v) is 3.14. The summed E-state index contributed by atoms with van der Waals surface area (Å²) in [4.78, 5) is 0. The van der Waals surface area contributed by atoms with Gasteiger partial charge in [0.1, 0.15) is 5.76 Å². The lowest BCUT2D eigenvalue weighted by molar-refractivity contribution is 0.452. The summed E-state index contributed by atoms with van der Waals surface area (Å²) in [7, 11) is 0. The SMILES string of the molecule is CCCNC(C)c1cc2cc(C)cc(Cl)c2o1. The molecule has 1 atom stereocenters. The molecule has 1 aromatic carbocycles. The third kappa shape index (κ3) is 2.64. The number of benzene rings is 1. The van der Waals surface area contributed by atoms with Crippen molar-refractivity contribution in [3.8, 4) is 0 Å². The van der Waals surface area contributed by atoms with Gasteiger partial charge in [0.15, 0.2) is 5.58 Å². The van der Waals surface area contributed by atoms with E-state index >= 15 is 0 Å². The minimum absolute atomic E-state index is 0.221. The molecule has 0 saturated heterocycles. The summed E-state index contributed by atoms with van der Waals surface area (Å²) in [6, 6.07) is 6.32. The van der Waals surface area contributed by atoms with E-state index in [1.54, 1.807) is 0 Å². The largest absolute Gasteiger partial charge is 0.458 e. The normalized spacial score (nSPS) is 13.2. The average Bonchev–Trinajstić information content (AvgIpc) is 2.69. The molecule has 0 aliphatic heterocycles. The maximum absolute atomic E-state index is 6.17. The zero-order valence-corrected chi connectivity index (χ0v) is 11.3. The molecule has 0 aliphatic carbocycles. The molecule has 1 unspecified atom stereocenters. The molecule has 3 heteroatoms. The first kappa shape index (κ1) is 12.5. The first-order chi connectivity index (χ1) is 8.11. The fourth-order valence-corrected chi connectivity index (χ4v) is 2.27. The number of furan rings is 1. The van der Waals surface area contributed by atoms with Crippen molar-refractivity contribution in [3.63, 3.8) is 0 Å². The number of aryl methyl sites for hydroxylation is 1. The molecule has 0 spiro atoms. The predicted octanol–water partition coefficient (Wildman–Crippen LogP) is 4.46. The lowest BCUT2D eigenvalue weighted by Crippen LogP contribution is -2.18. The Labute approximate surface area is 107 Å². The average molecular weight is 252 g/mol. The summed E-state index contributed by atoms with van der Waals surface area (Å²) in [6.07, 6.45) is 1.12. The second-order valence-corrected chi connectivity index (χ2v) is 4.90. The van der Waals surface area contributed by atoms with Crippen LogP contribution in [0, 0.1) is 6.92 Å². The molecule has 2 nitrogen and oxygen atoms in total. The van der Waals surface area contributed by atoms with Gasteiger partial charge in [-0.25, -0.2) is 0 Å². The third-order valence-electron chi connectivity index (χ3n) is 2.86. The van der Waals surface area contributed by atoms with E-state index in [1.165, 1.54) is 0 Å². The van der Waals surface area contributed by atoms with Crippen molar-refractivity contribution in [2.45, 2.75) is 33.2 Å². The summed E-state index contributed by atoms with van der Waals surface area (Å²) < 4.78 is 5.82. The van der Waals surface area contributed by atoms with Crippen LogP contribution < -0.4 is 5.32 Å². The van der Waals surface area contributed by atoms with Crippen LogP contribution >= 0.6 is 11.6 Å². The maximum atomic E-state index is 6.17. The number of rotatable bonds is 4. The van der Waals surface area contributed by atoms with Crippen molar-refractivity contribution >= 4 is 22.6 Å². The van der Waals surface area contributed by atoms with Crippen molar-refractivity contribution in [2.24, 2.45) is 0 Å². The van der Waals surface area contributed by atoms with E-state index in [2.05, 4.69) is 31.3 Å². The Hall–Kier alpha value is -0.990. The van der Waals surface area contributed by atoms with Gasteiger partial charge in [-0.1, -0.05) is 18.5 Å².